The third kappa shape index (κ3) is 4.00. The molecule has 2 aliphatic carbocycles. The van der Waals surface area contributed by atoms with Crippen molar-refractivity contribution in [1.82, 2.24) is 0 Å². The Morgan fingerprint density at radius 1 is 1.09 bits per heavy atom. The molecule has 0 bridgehead atoms. The van der Waals surface area contributed by atoms with E-state index in [1.54, 1.807) is 5.56 Å². The lowest BCUT2D eigenvalue weighted by Crippen LogP contribution is -2.22. The molecular weight excluding hydrogens is 280 g/mol. The van der Waals surface area contributed by atoms with Gasteiger partial charge in [-0.2, -0.15) is 0 Å². The van der Waals surface area contributed by atoms with Crippen molar-refractivity contribution in [3.8, 4) is 5.75 Å². The fraction of sp³-hybridized carbons (Fsp3) is 0.636. The van der Waals surface area contributed by atoms with Crippen LogP contribution in [0.4, 0.5) is 0 Å². The van der Waals surface area contributed by atoms with E-state index in [0.29, 0.717) is 0 Å². The molecule has 3 rings (SSSR count). The summed E-state index contributed by atoms with van der Waals surface area (Å²) in [6.07, 6.45) is 15.2. The normalized spacial score (nSPS) is 22.2. The van der Waals surface area contributed by atoms with Gasteiger partial charge in [0.15, 0.2) is 0 Å². The van der Waals surface area contributed by atoms with Gasteiger partial charge in [-0.25, -0.2) is 0 Å². The van der Waals surface area contributed by atoms with Crippen LogP contribution in [0.5, 0.6) is 5.75 Å². The second-order valence-corrected chi connectivity index (χ2v) is 7.45. The molecule has 23 heavy (non-hydrogen) atoms. The van der Waals surface area contributed by atoms with E-state index in [4.69, 9.17) is 4.74 Å². The van der Waals surface area contributed by atoms with Gasteiger partial charge in [0.25, 0.3) is 0 Å². The summed E-state index contributed by atoms with van der Waals surface area (Å²) in [6, 6.07) is 6.79. The Bertz CT molecular complexity index is 525. The molecule has 1 nitrogen and oxygen atoms in total. The SMILES string of the molecule is CCCC(CCC)CCOc1ccc2c(c1)C=CCC1CCC21. The molecule has 2 atom stereocenters. The minimum Gasteiger partial charge on any atom is -0.494 e. The lowest BCUT2D eigenvalue weighted by atomic mass is 9.69. The summed E-state index contributed by atoms with van der Waals surface area (Å²) in [5.74, 6) is 3.58. The fourth-order valence-electron chi connectivity index (χ4n) is 4.35. The number of rotatable bonds is 8. The predicted molar refractivity (Wildman–Crippen MR) is 99.0 cm³/mol. The molecule has 0 spiro atoms. The van der Waals surface area contributed by atoms with Crippen LogP contribution in [-0.2, 0) is 0 Å². The van der Waals surface area contributed by atoms with Crippen LogP contribution in [0.2, 0.25) is 0 Å². The molecule has 0 amide bonds. The van der Waals surface area contributed by atoms with Gasteiger partial charge in [-0.05, 0) is 66.7 Å². The second-order valence-electron chi connectivity index (χ2n) is 7.45. The first-order valence-corrected chi connectivity index (χ1v) is 9.75. The summed E-state index contributed by atoms with van der Waals surface area (Å²) < 4.78 is 6.08. The van der Waals surface area contributed by atoms with Crippen molar-refractivity contribution in [1.29, 1.82) is 0 Å². The van der Waals surface area contributed by atoms with Gasteiger partial charge in [0.05, 0.1) is 6.61 Å². The zero-order valence-corrected chi connectivity index (χ0v) is 14.9. The molecule has 2 aliphatic rings. The largest absolute Gasteiger partial charge is 0.494 e. The Labute approximate surface area is 142 Å². The first-order valence-electron chi connectivity index (χ1n) is 9.75. The standard InChI is InChI=1S/C22H32O/c1-3-6-17(7-4-2)14-15-23-20-11-13-22-19(16-20)9-5-8-18-10-12-21(18)22/h5,9,11,13,16-18,21H,3-4,6-8,10,12,14-15H2,1-2H3. The van der Waals surface area contributed by atoms with Crippen molar-refractivity contribution in [2.75, 3.05) is 6.61 Å². The lowest BCUT2D eigenvalue weighted by molar-refractivity contribution is 0.257. The van der Waals surface area contributed by atoms with Gasteiger partial charge in [0.2, 0.25) is 0 Å². The Balaban J connectivity index is 1.58. The molecule has 1 aromatic rings. The number of fused-ring (bicyclic) bond motifs is 3. The van der Waals surface area contributed by atoms with Gasteiger partial charge >= 0.3 is 0 Å². The van der Waals surface area contributed by atoms with Gasteiger partial charge in [0.1, 0.15) is 5.75 Å². The van der Waals surface area contributed by atoms with Crippen LogP contribution >= 0.6 is 0 Å². The van der Waals surface area contributed by atoms with Crippen LogP contribution in [0.3, 0.4) is 0 Å². The maximum atomic E-state index is 6.08. The molecule has 1 heteroatoms. The number of ether oxygens (including phenoxy) is 1. The van der Waals surface area contributed by atoms with E-state index in [1.165, 1.54) is 56.9 Å². The lowest BCUT2D eigenvalue weighted by Gasteiger charge is -2.36. The molecule has 2 unspecified atom stereocenters. The van der Waals surface area contributed by atoms with Crippen LogP contribution in [0.25, 0.3) is 6.08 Å². The molecule has 0 radical (unpaired) electrons. The van der Waals surface area contributed by atoms with Gasteiger partial charge in [-0.3, -0.25) is 0 Å². The molecule has 1 saturated carbocycles. The summed E-state index contributed by atoms with van der Waals surface area (Å²) >= 11 is 0. The van der Waals surface area contributed by atoms with Gasteiger partial charge < -0.3 is 4.74 Å². The van der Waals surface area contributed by atoms with Crippen molar-refractivity contribution < 1.29 is 4.74 Å². The number of benzene rings is 1. The fourth-order valence-corrected chi connectivity index (χ4v) is 4.35. The van der Waals surface area contributed by atoms with E-state index in [-0.39, 0.29) is 0 Å². The highest BCUT2D eigenvalue weighted by Crippen LogP contribution is 2.48. The van der Waals surface area contributed by atoms with Crippen molar-refractivity contribution in [3.63, 3.8) is 0 Å². The zero-order valence-electron chi connectivity index (χ0n) is 14.9. The maximum Gasteiger partial charge on any atom is 0.119 e. The van der Waals surface area contributed by atoms with Crippen molar-refractivity contribution >= 4 is 6.08 Å². The molecular formula is C22H32O. The van der Waals surface area contributed by atoms with Crippen LogP contribution in [-0.4, -0.2) is 6.61 Å². The van der Waals surface area contributed by atoms with E-state index in [9.17, 15) is 0 Å². The van der Waals surface area contributed by atoms with Crippen LogP contribution in [0.15, 0.2) is 24.3 Å². The Hall–Kier alpha value is -1.24. The number of hydrogen-bond acceptors (Lipinski definition) is 1. The third-order valence-electron chi connectivity index (χ3n) is 5.80. The highest BCUT2D eigenvalue weighted by Gasteiger charge is 2.33. The monoisotopic (exact) mass is 312 g/mol. The first-order chi connectivity index (χ1) is 11.3. The van der Waals surface area contributed by atoms with E-state index in [1.807, 2.05) is 0 Å². The van der Waals surface area contributed by atoms with Crippen molar-refractivity contribution in [2.45, 2.75) is 71.1 Å². The van der Waals surface area contributed by atoms with Gasteiger partial charge in [-0.1, -0.05) is 57.7 Å². The highest BCUT2D eigenvalue weighted by atomic mass is 16.5. The van der Waals surface area contributed by atoms with Crippen molar-refractivity contribution in [3.05, 3.63) is 35.4 Å². The van der Waals surface area contributed by atoms with Crippen LogP contribution < -0.4 is 4.74 Å². The third-order valence-corrected chi connectivity index (χ3v) is 5.80. The zero-order chi connectivity index (χ0) is 16.1. The van der Waals surface area contributed by atoms with Crippen LogP contribution in [0, 0.1) is 11.8 Å². The number of hydrogen-bond donors (Lipinski definition) is 0. The molecule has 0 aliphatic heterocycles. The number of allylic oxidation sites excluding steroid dienone is 1. The molecule has 0 heterocycles. The van der Waals surface area contributed by atoms with Gasteiger partial charge in [-0.15, -0.1) is 0 Å². The quantitative estimate of drug-likeness (QED) is 0.526. The van der Waals surface area contributed by atoms with E-state index >= 15 is 0 Å². The highest BCUT2D eigenvalue weighted by molar-refractivity contribution is 5.59. The summed E-state index contributed by atoms with van der Waals surface area (Å²) in [5, 5.41) is 0. The Morgan fingerprint density at radius 3 is 2.61 bits per heavy atom. The van der Waals surface area contributed by atoms with E-state index in [2.05, 4.69) is 44.2 Å². The average molecular weight is 312 g/mol. The van der Waals surface area contributed by atoms with E-state index in [0.717, 1.165) is 30.1 Å². The van der Waals surface area contributed by atoms with Crippen LogP contribution in [0.1, 0.15) is 82.3 Å². The predicted octanol–water partition coefficient (Wildman–Crippen LogP) is 6.58. The molecule has 126 valence electrons. The molecule has 1 fully saturated rings. The minimum absolute atomic E-state index is 0.799. The molecule has 0 aromatic heterocycles. The summed E-state index contributed by atoms with van der Waals surface area (Å²) in [7, 11) is 0. The Morgan fingerprint density at radius 2 is 1.91 bits per heavy atom. The summed E-state index contributed by atoms with van der Waals surface area (Å²) in [4.78, 5) is 0. The summed E-state index contributed by atoms with van der Waals surface area (Å²) in [5.41, 5.74) is 2.95. The maximum absolute atomic E-state index is 6.08. The topological polar surface area (TPSA) is 9.23 Å². The minimum atomic E-state index is 0.799. The molecule has 1 aromatic carbocycles. The molecule has 0 N–H and O–H groups in total. The smallest absolute Gasteiger partial charge is 0.119 e. The average Bonchev–Trinajstić information content (AvgIpc) is 2.64. The second kappa shape index (κ2) is 8.04. The summed E-state index contributed by atoms with van der Waals surface area (Å²) in [6.45, 7) is 5.44. The molecule has 0 saturated heterocycles. The van der Waals surface area contributed by atoms with Crippen molar-refractivity contribution in [2.24, 2.45) is 11.8 Å². The van der Waals surface area contributed by atoms with E-state index < -0.39 is 0 Å². The van der Waals surface area contributed by atoms with Gasteiger partial charge in [0, 0.05) is 0 Å². The Kier molecular flexibility index (Phi) is 5.80. The first kappa shape index (κ1) is 16.6.